The van der Waals surface area contributed by atoms with Crippen LogP contribution in [0.5, 0.6) is 5.75 Å². The van der Waals surface area contributed by atoms with Crippen LogP contribution in [0.2, 0.25) is 0 Å². The van der Waals surface area contributed by atoms with Crippen molar-refractivity contribution < 1.29 is 13.9 Å². The zero-order valence-electron chi connectivity index (χ0n) is 8.73. The molecule has 0 N–H and O–H groups in total. The zero-order valence-corrected chi connectivity index (χ0v) is 8.73. The molecule has 2 aliphatic heterocycles. The SMILES string of the molecule is O=C1c2ccccc2OC[C@@H]2C[C@@H](F)CN12. The van der Waals surface area contributed by atoms with Gasteiger partial charge in [-0.1, -0.05) is 12.1 Å². The fourth-order valence-electron chi connectivity index (χ4n) is 2.38. The van der Waals surface area contributed by atoms with Crippen molar-refractivity contribution in [1.82, 2.24) is 4.90 Å². The molecule has 2 atom stereocenters. The van der Waals surface area contributed by atoms with Crippen LogP contribution in [0.4, 0.5) is 4.39 Å². The van der Waals surface area contributed by atoms with Gasteiger partial charge in [-0.15, -0.1) is 0 Å². The maximum atomic E-state index is 13.3. The third-order valence-corrected chi connectivity index (χ3v) is 3.17. The molecule has 84 valence electrons. The summed E-state index contributed by atoms with van der Waals surface area (Å²) in [6.07, 6.45) is -0.525. The lowest BCUT2D eigenvalue weighted by Crippen LogP contribution is -2.36. The summed E-state index contributed by atoms with van der Waals surface area (Å²) in [5.74, 6) is 0.496. The van der Waals surface area contributed by atoms with E-state index in [0.29, 0.717) is 24.3 Å². The minimum atomic E-state index is -0.914. The largest absolute Gasteiger partial charge is 0.491 e. The Morgan fingerprint density at radius 2 is 2.19 bits per heavy atom. The lowest BCUT2D eigenvalue weighted by Gasteiger charge is -2.19. The van der Waals surface area contributed by atoms with Gasteiger partial charge in [0.2, 0.25) is 0 Å². The summed E-state index contributed by atoms with van der Waals surface area (Å²) >= 11 is 0. The Labute approximate surface area is 92.8 Å². The summed E-state index contributed by atoms with van der Waals surface area (Å²) in [6, 6.07) is 7.02. The molecule has 4 heteroatoms. The Balaban J connectivity index is 2.00. The Morgan fingerprint density at radius 3 is 3.06 bits per heavy atom. The summed E-state index contributed by atoms with van der Waals surface area (Å²) in [5, 5.41) is 0. The molecule has 0 saturated carbocycles. The Kier molecular flexibility index (Phi) is 2.09. The van der Waals surface area contributed by atoms with Gasteiger partial charge >= 0.3 is 0 Å². The number of nitrogens with zero attached hydrogens (tertiary/aromatic N) is 1. The van der Waals surface area contributed by atoms with Gasteiger partial charge in [0, 0.05) is 6.42 Å². The van der Waals surface area contributed by atoms with Crippen LogP contribution in [0.1, 0.15) is 16.8 Å². The maximum Gasteiger partial charge on any atom is 0.258 e. The minimum Gasteiger partial charge on any atom is -0.491 e. The normalized spacial score (nSPS) is 28.1. The highest BCUT2D eigenvalue weighted by molar-refractivity contribution is 5.97. The molecule has 1 amide bonds. The average Bonchev–Trinajstić information content (AvgIpc) is 2.62. The number of para-hydroxylation sites is 1. The molecule has 0 spiro atoms. The van der Waals surface area contributed by atoms with E-state index in [4.69, 9.17) is 4.74 Å². The number of alkyl halides is 1. The van der Waals surface area contributed by atoms with E-state index in [0.717, 1.165) is 0 Å². The molecule has 0 unspecified atom stereocenters. The van der Waals surface area contributed by atoms with Crippen LogP contribution in [0.3, 0.4) is 0 Å². The van der Waals surface area contributed by atoms with Crippen molar-refractivity contribution >= 4 is 5.91 Å². The highest BCUT2D eigenvalue weighted by Crippen LogP contribution is 2.30. The monoisotopic (exact) mass is 221 g/mol. The molecule has 3 nitrogen and oxygen atoms in total. The molecule has 1 saturated heterocycles. The van der Waals surface area contributed by atoms with Gasteiger partial charge in [0.25, 0.3) is 5.91 Å². The van der Waals surface area contributed by atoms with Crippen molar-refractivity contribution in [2.24, 2.45) is 0 Å². The highest BCUT2D eigenvalue weighted by Gasteiger charge is 2.38. The number of fused-ring (bicyclic) bond motifs is 2. The van der Waals surface area contributed by atoms with Crippen molar-refractivity contribution in [3.63, 3.8) is 0 Å². The summed E-state index contributed by atoms with van der Waals surface area (Å²) in [4.78, 5) is 13.7. The van der Waals surface area contributed by atoms with Crippen molar-refractivity contribution in [2.45, 2.75) is 18.6 Å². The van der Waals surface area contributed by atoms with Gasteiger partial charge in [-0.25, -0.2) is 4.39 Å². The summed E-state index contributed by atoms with van der Waals surface area (Å²) in [6.45, 7) is 0.588. The third kappa shape index (κ3) is 1.37. The molecular weight excluding hydrogens is 209 g/mol. The van der Waals surface area contributed by atoms with Gasteiger partial charge in [0.15, 0.2) is 0 Å². The number of hydrogen-bond acceptors (Lipinski definition) is 2. The summed E-state index contributed by atoms with van der Waals surface area (Å²) in [5.41, 5.74) is 0.541. The van der Waals surface area contributed by atoms with Crippen LogP contribution in [0, 0.1) is 0 Å². The summed E-state index contributed by atoms with van der Waals surface area (Å²) < 4.78 is 18.8. The van der Waals surface area contributed by atoms with Gasteiger partial charge in [-0.3, -0.25) is 4.79 Å². The van der Waals surface area contributed by atoms with Gasteiger partial charge < -0.3 is 9.64 Å². The van der Waals surface area contributed by atoms with Gasteiger partial charge in [-0.05, 0) is 12.1 Å². The number of benzene rings is 1. The second kappa shape index (κ2) is 3.47. The Morgan fingerprint density at radius 1 is 1.38 bits per heavy atom. The van der Waals surface area contributed by atoms with Gasteiger partial charge in [0.05, 0.1) is 18.2 Å². The fraction of sp³-hybridized carbons (Fsp3) is 0.417. The topological polar surface area (TPSA) is 29.5 Å². The van der Waals surface area contributed by atoms with E-state index in [1.807, 2.05) is 6.07 Å². The maximum absolute atomic E-state index is 13.3. The standard InChI is InChI=1S/C12H12FNO2/c13-8-5-9-7-16-11-4-2-1-3-10(11)12(15)14(9)6-8/h1-4,8-9H,5-7H2/t8-,9+/m1/s1. The van der Waals surface area contributed by atoms with E-state index >= 15 is 0 Å². The second-order valence-corrected chi connectivity index (χ2v) is 4.25. The minimum absolute atomic E-state index is 0.113. The van der Waals surface area contributed by atoms with E-state index < -0.39 is 6.17 Å². The molecule has 2 aliphatic rings. The molecule has 2 heterocycles. The first kappa shape index (κ1) is 9.63. The van der Waals surface area contributed by atoms with Crippen LogP contribution >= 0.6 is 0 Å². The molecular formula is C12H12FNO2. The highest BCUT2D eigenvalue weighted by atomic mass is 19.1. The third-order valence-electron chi connectivity index (χ3n) is 3.17. The molecule has 3 rings (SSSR count). The molecule has 1 aromatic carbocycles. The predicted molar refractivity (Wildman–Crippen MR) is 56.3 cm³/mol. The number of ether oxygens (including phenoxy) is 1. The van der Waals surface area contributed by atoms with Crippen LogP contribution < -0.4 is 4.74 Å². The van der Waals surface area contributed by atoms with Crippen molar-refractivity contribution in [2.75, 3.05) is 13.2 Å². The van der Waals surface area contributed by atoms with E-state index in [1.165, 1.54) is 0 Å². The number of carbonyl (C=O) groups excluding carboxylic acids is 1. The number of halogens is 1. The first-order valence-electron chi connectivity index (χ1n) is 5.42. The Bertz CT molecular complexity index is 435. The summed E-state index contributed by atoms with van der Waals surface area (Å²) in [7, 11) is 0. The molecule has 0 radical (unpaired) electrons. The van der Waals surface area contributed by atoms with Crippen LogP contribution in [0.15, 0.2) is 24.3 Å². The second-order valence-electron chi connectivity index (χ2n) is 4.25. The molecule has 0 bridgehead atoms. The number of hydrogen-bond donors (Lipinski definition) is 0. The lowest BCUT2D eigenvalue weighted by molar-refractivity contribution is 0.0720. The van der Waals surface area contributed by atoms with E-state index in [9.17, 15) is 9.18 Å². The first-order chi connectivity index (χ1) is 7.75. The van der Waals surface area contributed by atoms with Gasteiger partial charge in [-0.2, -0.15) is 0 Å². The van der Waals surface area contributed by atoms with Crippen molar-refractivity contribution in [3.05, 3.63) is 29.8 Å². The van der Waals surface area contributed by atoms with E-state index in [1.54, 1.807) is 23.1 Å². The van der Waals surface area contributed by atoms with Gasteiger partial charge in [0.1, 0.15) is 18.5 Å². The van der Waals surface area contributed by atoms with Crippen LogP contribution in [0.25, 0.3) is 0 Å². The molecule has 16 heavy (non-hydrogen) atoms. The smallest absolute Gasteiger partial charge is 0.258 e. The van der Waals surface area contributed by atoms with Crippen LogP contribution in [-0.4, -0.2) is 36.2 Å². The molecule has 0 aliphatic carbocycles. The van der Waals surface area contributed by atoms with Crippen LogP contribution in [-0.2, 0) is 0 Å². The number of rotatable bonds is 0. The quantitative estimate of drug-likeness (QED) is 0.666. The Hall–Kier alpha value is -1.58. The average molecular weight is 221 g/mol. The van der Waals surface area contributed by atoms with Crippen molar-refractivity contribution in [3.8, 4) is 5.75 Å². The first-order valence-corrected chi connectivity index (χ1v) is 5.42. The molecule has 1 fully saturated rings. The molecule has 0 aromatic heterocycles. The van der Waals surface area contributed by atoms with Crippen molar-refractivity contribution in [1.29, 1.82) is 0 Å². The fourth-order valence-corrected chi connectivity index (χ4v) is 2.38. The lowest BCUT2D eigenvalue weighted by atomic mass is 10.2. The van der Waals surface area contributed by atoms with E-state index in [2.05, 4.69) is 0 Å². The predicted octanol–water partition coefficient (Wildman–Crippen LogP) is 1.63. The number of carbonyl (C=O) groups is 1. The number of amides is 1. The van der Waals surface area contributed by atoms with E-state index in [-0.39, 0.29) is 18.5 Å². The molecule has 1 aromatic rings. The zero-order chi connectivity index (χ0) is 11.1.